The summed E-state index contributed by atoms with van der Waals surface area (Å²) >= 11 is 0. The van der Waals surface area contributed by atoms with Crippen molar-refractivity contribution in [2.75, 3.05) is 43.7 Å². The first-order valence-electron chi connectivity index (χ1n) is 10.7. The quantitative estimate of drug-likeness (QED) is 0.417. The molecule has 0 aliphatic heterocycles. The summed E-state index contributed by atoms with van der Waals surface area (Å²) in [6.45, 7) is 1.56. The molecular weight excluding hydrogens is 468 g/mol. The standard InChI is InChI=1S/C25H28N4O5S/c1-17-9-10-19(15-23(17)35(32,33)29(2)3)27-24(30)16-26-22-8-6-5-7-21(22)25(31)28-18-11-13-20(34-4)14-12-18/h5-15,26H,16H2,1-4H3,(H,27,30)(H,28,31). The number of hydrogen-bond donors (Lipinski definition) is 3. The number of hydrogen-bond acceptors (Lipinski definition) is 6. The number of nitrogens with zero attached hydrogens (tertiary/aromatic N) is 1. The van der Waals surface area contributed by atoms with Gasteiger partial charge in [-0.05, 0) is 61.0 Å². The van der Waals surface area contributed by atoms with Crippen molar-refractivity contribution >= 4 is 38.9 Å². The van der Waals surface area contributed by atoms with Gasteiger partial charge in [0, 0.05) is 31.2 Å². The normalized spacial score (nSPS) is 11.1. The molecule has 184 valence electrons. The number of para-hydroxylation sites is 1. The molecule has 3 aromatic carbocycles. The maximum Gasteiger partial charge on any atom is 0.257 e. The van der Waals surface area contributed by atoms with Gasteiger partial charge in [-0.2, -0.15) is 0 Å². The molecule has 0 bridgehead atoms. The van der Waals surface area contributed by atoms with E-state index >= 15 is 0 Å². The number of nitrogens with one attached hydrogen (secondary N) is 3. The molecule has 3 N–H and O–H groups in total. The van der Waals surface area contributed by atoms with Crippen molar-refractivity contribution in [3.63, 3.8) is 0 Å². The molecular formula is C25H28N4O5S. The lowest BCUT2D eigenvalue weighted by molar-refractivity contribution is -0.114. The molecule has 35 heavy (non-hydrogen) atoms. The second-order valence-electron chi connectivity index (χ2n) is 7.90. The van der Waals surface area contributed by atoms with Crippen LogP contribution in [0.1, 0.15) is 15.9 Å². The van der Waals surface area contributed by atoms with Crippen LogP contribution in [0.15, 0.2) is 71.6 Å². The van der Waals surface area contributed by atoms with E-state index in [0.29, 0.717) is 33.9 Å². The summed E-state index contributed by atoms with van der Waals surface area (Å²) in [5.74, 6) is -0.0562. The minimum atomic E-state index is -3.65. The van der Waals surface area contributed by atoms with Gasteiger partial charge in [0.15, 0.2) is 0 Å². The number of aryl methyl sites for hydroxylation is 1. The monoisotopic (exact) mass is 496 g/mol. The van der Waals surface area contributed by atoms with Gasteiger partial charge in [-0.15, -0.1) is 0 Å². The molecule has 3 rings (SSSR count). The number of methoxy groups -OCH3 is 1. The van der Waals surface area contributed by atoms with Gasteiger partial charge >= 0.3 is 0 Å². The molecule has 9 nitrogen and oxygen atoms in total. The second-order valence-corrected chi connectivity index (χ2v) is 10.0. The number of carbonyl (C=O) groups excluding carboxylic acids is 2. The summed E-state index contributed by atoms with van der Waals surface area (Å²) in [5, 5.41) is 8.48. The number of rotatable bonds is 9. The number of amides is 2. The predicted octanol–water partition coefficient (Wildman–Crippen LogP) is 3.56. The number of ether oxygens (including phenoxy) is 1. The molecule has 0 atom stereocenters. The molecule has 0 aliphatic rings. The predicted molar refractivity (Wildman–Crippen MR) is 137 cm³/mol. The third-order valence-electron chi connectivity index (χ3n) is 5.19. The van der Waals surface area contributed by atoms with Gasteiger partial charge < -0.3 is 20.7 Å². The largest absolute Gasteiger partial charge is 0.497 e. The molecule has 0 aliphatic carbocycles. The fraction of sp³-hybridized carbons (Fsp3) is 0.200. The van der Waals surface area contributed by atoms with Crippen molar-refractivity contribution in [3.05, 3.63) is 77.9 Å². The Balaban J connectivity index is 1.67. The summed E-state index contributed by atoms with van der Waals surface area (Å²) in [4.78, 5) is 25.5. The van der Waals surface area contributed by atoms with Crippen LogP contribution >= 0.6 is 0 Å². The van der Waals surface area contributed by atoms with Crippen LogP contribution < -0.4 is 20.7 Å². The van der Waals surface area contributed by atoms with Crippen LogP contribution in [0.4, 0.5) is 17.1 Å². The van der Waals surface area contributed by atoms with Crippen LogP contribution in [0, 0.1) is 6.92 Å². The number of benzene rings is 3. The number of sulfonamides is 1. The number of anilines is 3. The molecule has 2 amide bonds. The van der Waals surface area contributed by atoms with E-state index in [0.717, 1.165) is 4.31 Å². The highest BCUT2D eigenvalue weighted by atomic mass is 32.2. The lowest BCUT2D eigenvalue weighted by Crippen LogP contribution is -2.25. The summed E-state index contributed by atoms with van der Waals surface area (Å²) < 4.78 is 31.3. The second kappa shape index (κ2) is 11.0. The Hall–Kier alpha value is -3.89. The minimum Gasteiger partial charge on any atom is -0.497 e. The Kier molecular flexibility index (Phi) is 8.10. The van der Waals surface area contributed by atoms with E-state index < -0.39 is 15.9 Å². The van der Waals surface area contributed by atoms with E-state index in [1.807, 2.05) is 0 Å². The highest BCUT2D eigenvalue weighted by molar-refractivity contribution is 7.89. The van der Waals surface area contributed by atoms with Crippen molar-refractivity contribution in [1.82, 2.24) is 4.31 Å². The molecule has 0 unspecified atom stereocenters. The van der Waals surface area contributed by atoms with Crippen molar-refractivity contribution in [1.29, 1.82) is 0 Å². The average Bonchev–Trinajstić information content (AvgIpc) is 2.84. The summed E-state index contributed by atoms with van der Waals surface area (Å²) in [5.41, 5.74) is 2.38. The molecule has 0 aromatic heterocycles. The first kappa shape index (κ1) is 25.7. The Morgan fingerprint density at radius 2 is 1.57 bits per heavy atom. The highest BCUT2D eigenvalue weighted by Gasteiger charge is 2.20. The maximum absolute atomic E-state index is 12.8. The van der Waals surface area contributed by atoms with E-state index in [9.17, 15) is 18.0 Å². The number of carbonyl (C=O) groups is 2. The Labute approximate surface area is 205 Å². The van der Waals surface area contributed by atoms with Gasteiger partial charge in [-0.25, -0.2) is 12.7 Å². The lowest BCUT2D eigenvalue weighted by atomic mass is 10.1. The molecule has 0 heterocycles. The van der Waals surface area contributed by atoms with E-state index in [1.165, 1.54) is 20.2 Å². The van der Waals surface area contributed by atoms with Crippen molar-refractivity contribution in [2.45, 2.75) is 11.8 Å². The van der Waals surface area contributed by atoms with Gasteiger partial charge in [0.1, 0.15) is 5.75 Å². The summed E-state index contributed by atoms with van der Waals surface area (Å²) in [6, 6.07) is 18.5. The van der Waals surface area contributed by atoms with E-state index in [1.54, 1.807) is 74.7 Å². The van der Waals surface area contributed by atoms with Crippen LogP contribution in [0.25, 0.3) is 0 Å². The van der Waals surface area contributed by atoms with Crippen LogP contribution in [0.5, 0.6) is 5.75 Å². The molecule has 0 fully saturated rings. The van der Waals surface area contributed by atoms with Gasteiger partial charge in [0.25, 0.3) is 5.91 Å². The van der Waals surface area contributed by atoms with Crippen LogP contribution in [0.3, 0.4) is 0 Å². The van der Waals surface area contributed by atoms with Crippen LogP contribution in [0.2, 0.25) is 0 Å². The summed E-state index contributed by atoms with van der Waals surface area (Å²) in [6.07, 6.45) is 0. The fourth-order valence-electron chi connectivity index (χ4n) is 3.24. The molecule has 3 aromatic rings. The highest BCUT2D eigenvalue weighted by Crippen LogP contribution is 2.23. The van der Waals surface area contributed by atoms with Crippen LogP contribution in [-0.4, -0.2) is 52.3 Å². The Morgan fingerprint density at radius 1 is 0.914 bits per heavy atom. The summed E-state index contributed by atoms with van der Waals surface area (Å²) in [7, 11) is 0.815. The Bertz CT molecular complexity index is 1320. The van der Waals surface area contributed by atoms with Gasteiger partial charge in [-0.1, -0.05) is 18.2 Å². The molecule has 0 radical (unpaired) electrons. The first-order chi connectivity index (χ1) is 16.6. The zero-order chi connectivity index (χ0) is 25.6. The third-order valence-corrected chi connectivity index (χ3v) is 7.15. The van der Waals surface area contributed by atoms with Crippen molar-refractivity contribution < 1.29 is 22.7 Å². The minimum absolute atomic E-state index is 0.119. The zero-order valence-electron chi connectivity index (χ0n) is 20.0. The molecule has 0 spiro atoms. The van der Waals surface area contributed by atoms with Crippen LogP contribution in [-0.2, 0) is 14.8 Å². The smallest absolute Gasteiger partial charge is 0.257 e. The van der Waals surface area contributed by atoms with Gasteiger partial charge in [0.05, 0.1) is 24.1 Å². The lowest BCUT2D eigenvalue weighted by Gasteiger charge is -2.15. The molecule has 10 heteroatoms. The third kappa shape index (κ3) is 6.37. The molecule has 0 saturated heterocycles. The van der Waals surface area contributed by atoms with E-state index in [2.05, 4.69) is 16.0 Å². The van der Waals surface area contributed by atoms with Crippen molar-refractivity contribution in [2.24, 2.45) is 0 Å². The molecule has 0 saturated carbocycles. The zero-order valence-corrected chi connectivity index (χ0v) is 20.8. The Morgan fingerprint density at radius 3 is 2.23 bits per heavy atom. The van der Waals surface area contributed by atoms with E-state index in [-0.39, 0.29) is 17.3 Å². The van der Waals surface area contributed by atoms with E-state index in [4.69, 9.17) is 4.74 Å². The fourth-order valence-corrected chi connectivity index (χ4v) is 4.39. The van der Waals surface area contributed by atoms with Gasteiger partial charge in [0.2, 0.25) is 15.9 Å². The van der Waals surface area contributed by atoms with Gasteiger partial charge in [-0.3, -0.25) is 9.59 Å². The van der Waals surface area contributed by atoms with Crippen molar-refractivity contribution in [3.8, 4) is 5.75 Å². The first-order valence-corrected chi connectivity index (χ1v) is 12.2. The SMILES string of the molecule is COc1ccc(NC(=O)c2ccccc2NCC(=O)Nc2ccc(C)c(S(=O)(=O)N(C)C)c2)cc1. The topological polar surface area (TPSA) is 117 Å². The maximum atomic E-state index is 12.8. The average molecular weight is 497 g/mol.